The number of nitrogens with zero attached hydrogens (tertiary/aromatic N) is 2. The molecule has 0 amide bonds. The molecule has 0 spiro atoms. The Hall–Kier alpha value is -1.20. The molecule has 102 valence electrons. The van der Waals surface area contributed by atoms with Crippen molar-refractivity contribution >= 4 is 15.9 Å². The van der Waals surface area contributed by atoms with Crippen LogP contribution in [0.5, 0.6) is 0 Å². The van der Waals surface area contributed by atoms with Gasteiger partial charge in [0.2, 0.25) is 0 Å². The summed E-state index contributed by atoms with van der Waals surface area (Å²) in [4.78, 5) is 0. The first-order valence-electron chi connectivity index (χ1n) is 6.30. The van der Waals surface area contributed by atoms with Gasteiger partial charge < -0.3 is 5.73 Å². The molecule has 0 radical (unpaired) electrons. The highest BCUT2D eigenvalue weighted by Crippen LogP contribution is 2.21. The van der Waals surface area contributed by atoms with Gasteiger partial charge in [-0.25, -0.2) is 4.39 Å². The molecule has 2 aromatic rings. The average molecular weight is 326 g/mol. The smallest absolute Gasteiger partial charge is 0.137 e. The molecule has 2 rings (SSSR count). The summed E-state index contributed by atoms with van der Waals surface area (Å²) in [7, 11) is 0. The Bertz CT molecular complexity index is 553. The van der Waals surface area contributed by atoms with Crippen LogP contribution in [-0.2, 0) is 13.0 Å². The van der Waals surface area contributed by atoms with Gasteiger partial charge in [0.25, 0.3) is 0 Å². The van der Waals surface area contributed by atoms with Crippen molar-refractivity contribution in [1.29, 1.82) is 0 Å². The Morgan fingerprint density at radius 2 is 2.26 bits per heavy atom. The zero-order chi connectivity index (χ0) is 13.8. The van der Waals surface area contributed by atoms with Crippen LogP contribution < -0.4 is 5.73 Å². The van der Waals surface area contributed by atoms with Crippen LogP contribution in [-0.4, -0.2) is 15.8 Å². The van der Waals surface area contributed by atoms with Crippen molar-refractivity contribution in [1.82, 2.24) is 9.78 Å². The Balaban J connectivity index is 2.09. The highest BCUT2D eigenvalue weighted by Gasteiger charge is 2.08. The van der Waals surface area contributed by atoms with Crippen LogP contribution in [0.3, 0.4) is 0 Å². The van der Waals surface area contributed by atoms with Crippen molar-refractivity contribution in [2.24, 2.45) is 5.73 Å². The van der Waals surface area contributed by atoms with Crippen molar-refractivity contribution in [2.75, 3.05) is 0 Å². The van der Waals surface area contributed by atoms with E-state index in [9.17, 15) is 4.39 Å². The number of nitrogens with two attached hydrogens (primary N) is 1. The lowest BCUT2D eigenvalue weighted by atomic mass is 10.1. The molecule has 0 saturated carbocycles. The van der Waals surface area contributed by atoms with E-state index in [1.54, 1.807) is 10.7 Å². The van der Waals surface area contributed by atoms with Gasteiger partial charge in [-0.2, -0.15) is 5.10 Å². The van der Waals surface area contributed by atoms with Crippen molar-refractivity contribution in [3.8, 4) is 0 Å². The molecule has 1 aromatic carbocycles. The second kappa shape index (κ2) is 6.30. The molecule has 0 saturated heterocycles. The molecular weight excluding hydrogens is 309 g/mol. The van der Waals surface area contributed by atoms with Crippen molar-refractivity contribution < 1.29 is 4.39 Å². The van der Waals surface area contributed by atoms with Crippen LogP contribution in [0.25, 0.3) is 0 Å². The number of hydrogen-bond acceptors (Lipinski definition) is 2. The second-order valence-corrected chi connectivity index (χ2v) is 5.42. The van der Waals surface area contributed by atoms with E-state index < -0.39 is 0 Å². The number of aromatic nitrogens is 2. The van der Waals surface area contributed by atoms with Gasteiger partial charge in [-0.3, -0.25) is 4.68 Å². The van der Waals surface area contributed by atoms with Crippen LogP contribution in [0.4, 0.5) is 4.39 Å². The lowest BCUT2D eigenvalue weighted by Crippen LogP contribution is -2.21. The Labute approximate surface area is 120 Å². The average Bonchev–Trinajstić information content (AvgIpc) is 2.82. The highest BCUT2D eigenvalue weighted by molar-refractivity contribution is 9.10. The monoisotopic (exact) mass is 325 g/mol. The fourth-order valence-electron chi connectivity index (χ4n) is 1.89. The third-order valence-electron chi connectivity index (χ3n) is 3.07. The van der Waals surface area contributed by atoms with Gasteiger partial charge in [0.05, 0.1) is 17.2 Å². The summed E-state index contributed by atoms with van der Waals surface area (Å²) in [6.07, 6.45) is 5.55. The molecule has 2 N–H and O–H groups in total. The van der Waals surface area contributed by atoms with Gasteiger partial charge in [-0.1, -0.05) is 19.1 Å². The standard InChI is InChI=1S/C14H17BrFN3/c1-2-12(17)6-10-7-18-19(8-10)9-11-4-3-5-13(16)14(11)15/h3-5,7-8,12H,2,6,9,17H2,1H3. The molecule has 0 fully saturated rings. The fourth-order valence-corrected chi connectivity index (χ4v) is 2.28. The third kappa shape index (κ3) is 3.64. The topological polar surface area (TPSA) is 43.8 Å². The van der Waals surface area contributed by atoms with Crippen LogP contribution in [0.1, 0.15) is 24.5 Å². The summed E-state index contributed by atoms with van der Waals surface area (Å²) in [5.74, 6) is -0.252. The maximum absolute atomic E-state index is 13.4. The molecule has 1 aromatic heterocycles. The van der Waals surface area contributed by atoms with Gasteiger partial charge in [0.1, 0.15) is 5.82 Å². The first kappa shape index (κ1) is 14.2. The molecule has 0 bridgehead atoms. The Kier molecular flexibility index (Phi) is 4.71. The number of halogens is 2. The number of rotatable bonds is 5. The van der Waals surface area contributed by atoms with E-state index in [1.165, 1.54) is 6.07 Å². The SMILES string of the molecule is CCC(N)Cc1cnn(Cc2cccc(F)c2Br)c1. The summed E-state index contributed by atoms with van der Waals surface area (Å²) in [6.45, 7) is 2.61. The molecule has 0 aliphatic carbocycles. The van der Waals surface area contributed by atoms with Gasteiger partial charge in [-0.15, -0.1) is 0 Å². The van der Waals surface area contributed by atoms with Crippen LogP contribution in [0, 0.1) is 5.82 Å². The second-order valence-electron chi connectivity index (χ2n) is 4.63. The van der Waals surface area contributed by atoms with E-state index in [4.69, 9.17) is 5.73 Å². The molecule has 1 atom stereocenters. The summed E-state index contributed by atoms with van der Waals surface area (Å²) in [5, 5.41) is 4.29. The molecule has 0 aliphatic heterocycles. The summed E-state index contributed by atoms with van der Waals surface area (Å²) >= 11 is 3.26. The van der Waals surface area contributed by atoms with Gasteiger partial charge in [0, 0.05) is 12.2 Å². The van der Waals surface area contributed by atoms with Gasteiger partial charge in [-0.05, 0) is 46.0 Å². The van der Waals surface area contributed by atoms with Crippen molar-refractivity contribution in [3.05, 3.63) is 52.0 Å². The number of benzene rings is 1. The first-order valence-corrected chi connectivity index (χ1v) is 7.09. The van der Waals surface area contributed by atoms with E-state index in [-0.39, 0.29) is 11.9 Å². The third-order valence-corrected chi connectivity index (χ3v) is 3.96. The maximum atomic E-state index is 13.4. The fraction of sp³-hybridized carbons (Fsp3) is 0.357. The maximum Gasteiger partial charge on any atom is 0.137 e. The molecule has 3 nitrogen and oxygen atoms in total. The largest absolute Gasteiger partial charge is 0.327 e. The summed E-state index contributed by atoms with van der Waals surface area (Å²) in [6, 6.07) is 5.18. The lowest BCUT2D eigenvalue weighted by molar-refractivity contribution is 0.611. The quantitative estimate of drug-likeness (QED) is 0.917. The molecule has 0 aliphatic rings. The normalized spacial score (nSPS) is 12.6. The number of hydrogen-bond donors (Lipinski definition) is 1. The summed E-state index contributed by atoms with van der Waals surface area (Å²) < 4.78 is 15.7. The highest BCUT2D eigenvalue weighted by atomic mass is 79.9. The Morgan fingerprint density at radius 3 is 3.00 bits per heavy atom. The van der Waals surface area contributed by atoms with Crippen molar-refractivity contribution in [3.63, 3.8) is 0 Å². The van der Waals surface area contributed by atoms with Gasteiger partial charge >= 0.3 is 0 Å². The lowest BCUT2D eigenvalue weighted by Gasteiger charge is -2.06. The minimum Gasteiger partial charge on any atom is -0.327 e. The van der Waals surface area contributed by atoms with E-state index >= 15 is 0 Å². The van der Waals surface area contributed by atoms with E-state index in [1.807, 2.05) is 18.5 Å². The van der Waals surface area contributed by atoms with E-state index in [0.29, 0.717) is 11.0 Å². The predicted octanol–water partition coefficient (Wildman–Crippen LogP) is 3.11. The van der Waals surface area contributed by atoms with Crippen LogP contribution >= 0.6 is 15.9 Å². The molecule has 1 unspecified atom stereocenters. The molecule has 1 heterocycles. The summed E-state index contributed by atoms with van der Waals surface area (Å²) in [5.41, 5.74) is 7.90. The zero-order valence-corrected chi connectivity index (χ0v) is 12.4. The molecular formula is C14H17BrFN3. The minimum absolute atomic E-state index is 0.165. The molecule has 5 heteroatoms. The minimum atomic E-state index is -0.252. The van der Waals surface area contributed by atoms with E-state index in [2.05, 4.69) is 28.0 Å². The zero-order valence-electron chi connectivity index (χ0n) is 10.8. The van der Waals surface area contributed by atoms with Crippen molar-refractivity contribution in [2.45, 2.75) is 32.4 Å². The van der Waals surface area contributed by atoms with Gasteiger partial charge in [0.15, 0.2) is 0 Å². The molecule has 19 heavy (non-hydrogen) atoms. The van der Waals surface area contributed by atoms with E-state index in [0.717, 1.165) is 24.0 Å². The van der Waals surface area contributed by atoms with Crippen LogP contribution in [0.15, 0.2) is 35.1 Å². The Morgan fingerprint density at radius 1 is 1.47 bits per heavy atom. The van der Waals surface area contributed by atoms with Crippen LogP contribution in [0.2, 0.25) is 0 Å². The predicted molar refractivity (Wildman–Crippen MR) is 77.4 cm³/mol. The first-order chi connectivity index (χ1) is 9.10.